The molecule has 1 aromatic carbocycles. The summed E-state index contributed by atoms with van der Waals surface area (Å²) in [6, 6.07) is 5.26. The Balaban J connectivity index is 1.49. The highest BCUT2D eigenvalue weighted by Crippen LogP contribution is 2.26. The van der Waals surface area contributed by atoms with Gasteiger partial charge >= 0.3 is 11.8 Å². The number of halogens is 1. The molecule has 6 nitrogen and oxygen atoms in total. The Labute approximate surface area is 163 Å². The van der Waals surface area contributed by atoms with Crippen molar-refractivity contribution in [1.82, 2.24) is 15.6 Å². The van der Waals surface area contributed by atoms with E-state index >= 15 is 0 Å². The molecular formula is C20H26ClN3O3. The Morgan fingerprint density at radius 1 is 1.22 bits per heavy atom. The standard InChI is InChI=1S/C20H26ClN3O3/c21-15-6-7-17-16(10-15)14(11-23-17)8-9-22-19(26)20(27)24-18(12-25)13-4-2-1-3-5-13/h6-7,10-11,13,18,23,25H,1-5,8-9,12H2,(H,22,26)(H,24,27)/t18-/m0/s1. The summed E-state index contributed by atoms with van der Waals surface area (Å²) in [6.45, 7) is 0.207. The predicted molar refractivity (Wildman–Crippen MR) is 106 cm³/mol. The molecule has 27 heavy (non-hydrogen) atoms. The Morgan fingerprint density at radius 3 is 2.74 bits per heavy atom. The molecule has 0 radical (unpaired) electrons. The second-order valence-electron chi connectivity index (χ2n) is 7.17. The minimum atomic E-state index is -0.679. The predicted octanol–water partition coefficient (Wildman–Crippen LogP) is 2.54. The highest BCUT2D eigenvalue weighted by Gasteiger charge is 2.26. The number of hydrogen-bond donors (Lipinski definition) is 4. The summed E-state index contributed by atoms with van der Waals surface area (Å²) in [4.78, 5) is 27.4. The molecule has 1 aliphatic carbocycles. The first-order valence-corrected chi connectivity index (χ1v) is 9.91. The lowest BCUT2D eigenvalue weighted by molar-refractivity contribution is -0.140. The lowest BCUT2D eigenvalue weighted by atomic mass is 9.84. The quantitative estimate of drug-likeness (QED) is 0.570. The van der Waals surface area contributed by atoms with E-state index in [1.54, 1.807) is 0 Å². The average Bonchev–Trinajstić information content (AvgIpc) is 3.08. The summed E-state index contributed by atoms with van der Waals surface area (Å²) in [5, 5.41) is 16.6. The van der Waals surface area contributed by atoms with Gasteiger partial charge in [0.1, 0.15) is 0 Å². The molecule has 1 saturated carbocycles. The molecule has 1 heterocycles. The summed E-state index contributed by atoms with van der Waals surface area (Å²) in [5.41, 5.74) is 2.01. The zero-order valence-corrected chi connectivity index (χ0v) is 16.0. The minimum Gasteiger partial charge on any atom is -0.394 e. The fourth-order valence-corrected chi connectivity index (χ4v) is 4.00. The number of carbonyl (C=O) groups excluding carboxylic acids is 2. The summed E-state index contributed by atoms with van der Waals surface area (Å²) < 4.78 is 0. The van der Waals surface area contributed by atoms with Crippen LogP contribution in [0.4, 0.5) is 0 Å². The fourth-order valence-electron chi connectivity index (χ4n) is 3.83. The number of rotatable bonds is 6. The van der Waals surface area contributed by atoms with Crippen LogP contribution in [0.3, 0.4) is 0 Å². The first-order chi connectivity index (χ1) is 13.1. The highest BCUT2D eigenvalue weighted by atomic mass is 35.5. The van der Waals surface area contributed by atoms with Crippen molar-refractivity contribution in [1.29, 1.82) is 0 Å². The van der Waals surface area contributed by atoms with Gasteiger partial charge in [0, 0.05) is 28.7 Å². The zero-order chi connectivity index (χ0) is 19.2. The Hall–Kier alpha value is -2.05. The molecule has 3 rings (SSSR count). The van der Waals surface area contributed by atoms with E-state index in [-0.39, 0.29) is 18.6 Å². The molecule has 0 spiro atoms. The fraction of sp³-hybridized carbons (Fsp3) is 0.500. The number of aliphatic hydroxyl groups excluding tert-OH is 1. The highest BCUT2D eigenvalue weighted by molar-refractivity contribution is 6.35. The molecule has 0 bridgehead atoms. The topological polar surface area (TPSA) is 94.2 Å². The number of aromatic amines is 1. The van der Waals surface area contributed by atoms with E-state index in [2.05, 4.69) is 15.6 Å². The molecule has 1 aromatic heterocycles. The Morgan fingerprint density at radius 2 is 2.00 bits per heavy atom. The van der Waals surface area contributed by atoms with Gasteiger partial charge in [-0.15, -0.1) is 0 Å². The number of amides is 2. The molecule has 0 saturated heterocycles. The Bertz CT molecular complexity index is 799. The van der Waals surface area contributed by atoms with Crippen molar-refractivity contribution in [3.05, 3.63) is 35.0 Å². The van der Waals surface area contributed by atoms with Gasteiger partial charge in [0.05, 0.1) is 12.6 Å². The van der Waals surface area contributed by atoms with Gasteiger partial charge in [-0.3, -0.25) is 9.59 Å². The van der Waals surface area contributed by atoms with E-state index < -0.39 is 11.8 Å². The molecule has 2 amide bonds. The van der Waals surface area contributed by atoms with Crippen LogP contribution in [0.5, 0.6) is 0 Å². The summed E-state index contributed by atoms with van der Waals surface area (Å²) in [6.07, 6.45) is 7.86. The van der Waals surface area contributed by atoms with Crippen LogP contribution in [-0.4, -0.2) is 41.1 Å². The maximum absolute atomic E-state index is 12.1. The van der Waals surface area contributed by atoms with E-state index in [4.69, 9.17) is 11.6 Å². The second-order valence-corrected chi connectivity index (χ2v) is 7.61. The molecule has 2 aromatic rings. The molecule has 7 heteroatoms. The number of carbonyl (C=O) groups is 2. The number of hydrogen-bond acceptors (Lipinski definition) is 3. The van der Waals surface area contributed by atoms with E-state index in [1.165, 1.54) is 6.42 Å². The van der Waals surface area contributed by atoms with E-state index in [0.717, 1.165) is 42.1 Å². The third-order valence-electron chi connectivity index (χ3n) is 5.35. The maximum Gasteiger partial charge on any atom is 0.309 e. The van der Waals surface area contributed by atoms with Gasteiger partial charge in [-0.1, -0.05) is 30.9 Å². The van der Waals surface area contributed by atoms with Gasteiger partial charge in [-0.05, 0) is 48.9 Å². The Kier molecular flexibility index (Phi) is 6.74. The van der Waals surface area contributed by atoms with Crippen LogP contribution in [0.15, 0.2) is 24.4 Å². The molecule has 0 unspecified atom stereocenters. The lowest BCUT2D eigenvalue weighted by Gasteiger charge is -2.29. The second kappa shape index (κ2) is 9.24. The first-order valence-electron chi connectivity index (χ1n) is 9.53. The van der Waals surface area contributed by atoms with Gasteiger partial charge < -0.3 is 20.7 Å². The van der Waals surface area contributed by atoms with E-state index in [0.29, 0.717) is 18.0 Å². The van der Waals surface area contributed by atoms with E-state index in [1.807, 2.05) is 24.4 Å². The number of H-pyrrole nitrogens is 1. The smallest absolute Gasteiger partial charge is 0.309 e. The number of benzene rings is 1. The number of fused-ring (bicyclic) bond motifs is 1. The summed E-state index contributed by atoms with van der Waals surface area (Å²) in [5.74, 6) is -1.10. The van der Waals surface area contributed by atoms with Crippen LogP contribution in [0.25, 0.3) is 10.9 Å². The van der Waals surface area contributed by atoms with Gasteiger partial charge in [-0.25, -0.2) is 0 Å². The van der Waals surface area contributed by atoms with Crippen molar-refractivity contribution in [3.63, 3.8) is 0 Å². The molecule has 1 atom stereocenters. The van der Waals surface area contributed by atoms with Gasteiger partial charge in [-0.2, -0.15) is 0 Å². The van der Waals surface area contributed by atoms with Crippen molar-refractivity contribution in [2.24, 2.45) is 5.92 Å². The summed E-state index contributed by atoms with van der Waals surface area (Å²) >= 11 is 6.04. The van der Waals surface area contributed by atoms with Crippen LogP contribution in [0.1, 0.15) is 37.7 Å². The van der Waals surface area contributed by atoms with Crippen LogP contribution < -0.4 is 10.6 Å². The van der Waals surface area contributed by atoms with Crippen molar-refractivity contribution in [2.75, 3.05) is 13.2 Å². The molecule has 1 fully saturated rings. The number of aliphatic hydroxyl groups is 1. The SMILES string of the molecule is O=C(NCCc1c[nH]c2ccc(Cl)cc12)C(=O)N[C@@H](CO)C1CCCCC1. The van der Waals surface area contributed by atoms with Crippen molar-refractivity contribution in [2.45, 2.75) is 44.6 Å². The van der Waals surface area contributed by atoms with Crippen LogP contribution >= 0.6 is 11.6 Å². The van der Waals surface area contributed by atoms with Crippen LogP contribution in [-0.2, 0) is 16.0 Å². The monoisotopic (exact) mass is 391 g/mol. The summed E-state index contributed by atoms with van der Waals surface area (Å²) in [7, 11) is 0. The van der Waals surface area contributed by atoms with Gasteiger partial charge in [0.15, 0.2) is 0 Å². The molecule has 1 aliphatic rings. The van der Waals surface area contributed by atoms with Gasteiger partial charge in [0.2, 0.25) is 0 Å². The number of nitrogens with one attached hydrogen (secondary N) is 3. The lowest BCUT2D eigenvalue weighted by Crippen LogP contribution is -2.49. The third-order valence-corrected chi connectivity index (χ3v) is 5.58. The number of aromatic nitrogens is 1. The molecule has 4 N–H and O–H groups in total. The zero-order valence-electron chi connectivity index (χ0n) is 15.3. The van der Waals surface area contributed by atoms with Crippen LogP contribution in [0, 0.1) is 5.92 Å². The van der Waals surface area contributed by atoms with Gasteiger partial charge in [0.25, 0.3) is 0 Å². The third kappa shape index (κ3) is 5.02. The first kappa shape index (κ1) is 19.7. The minimum absolute atomic E-state index is 0.139. The molecular weight excluding hydrogens is 366 g/mol. The molecule has 146 valence electrons. The largest absolute Gasteiger partial charge is 0.394 e. The maximum atomic E-state index is 12.1. The van der Waals surface area contributed by atoms with Crippen molar-refractivity contribution >= 4 is 34.3 Å². The van der Waals surface area contributed by atoms with E-state index in [9.17, 15) is 14.7 Å². The molecule has 0 aliphatic heterocycles. The van der Waals surface area contributed by atoms with Crippen LogP contribution in [0.2, 0.25) is 5.02 Å². The van der Waals surface area contributed by atoms with Crippen molar-refractivity contribution < 1.29 is 14.7 Å². The normalized spacial score (nSPS) is 16.2. The van der Waals surface area contributed by atoms with Crippen molar-refractivity contribution in [3.8, 4) is 0 Å². The average molecular weight is 392 g/mol.